The minimum atomic E-state index is 0.205. The molecule has 0 aromatic heterocycles. The monoisotopic (exact) mass is 358 g/mol. The molecule has 1 heterocycles. The van der Waals surface area contributed by atoms with Crippen LogP contribution in [-0.4, -0.2) is 56.2 Å². The molecule has 3 heteroatoms. The molecule has 146 valence electrons. The van der Waals surface area contributed by atoms with Gasteiger partial charge in [-0.25, -0.2) is 0 Å². The van der Waals surface area contributed by atoms with E-state index in [0.717, 1.165) is 32.3 Å². The molecule has 1 saturated carbocycles. The lowest BCUT2D eigenvalue weighted by molar-refractivity contribution is -0.0113. The average molecular weight is 359 g/mol. The second-order valence-electron chi connectivity index (χ2n) is 8.56. The van der Waals surface area contributed by atoms with Crippen LogP contribution in [0.5, 0.6) is 0 Å². The van der Waals surface area contributed by atoms with E-state index in [0.29, 0.717) is 0 Å². The lowest BCUT2D eigenvalue weighted by Gasteiger charge is -2.48. The van der Waals surface area contributed by atoms with Crippen LogP contribution in [0.4, 0.5) is 0 Å². The van der Waals surface area contributed by atoms with Gasteiger partial charge in [0, 0.05) is 24.7 Å². The molecule has 1 aliphatic carbocycles. The fraction of sp³-hybridized carbons (Fsp3) is 0.739. The van der Waals surface area contributed by atoms with Gasteiger partial charge in [0.15, 0.2) is 0 Å². The maximum absolute atomic E-state index is 5.54. The van der Waals surface area contributed by atoms with Crippen LogP contribution in [-0.2, 0) is 16.7 Å². The van der Waals surface area contributed by atoms with Crippen LogP contribution < -0.4 is 0 Å². The zero-order chi connectivity index (χ0) is 18.6. The number of hydrogen-bond donors (Lipinski definition) is 0. The van der Waals surface area contributed by atoms with Crippen LogP contribution in [0.25, 0.3) is 0 Å². The minimum Gasteiger partial charge on any atom is -0.379 e. The summed E-state index contributed by atoms with van der Waals surface area (Å²) in [7, 11) is 4.55. The third-order valence-corrected chi connectivity index (χ3v) is 6.81. The van der Waals surface area contributed by atoms with Crippen LogP contribution in [0.3, 0.4) is 0 Å². The van der Waals surface area contributed by atoms with Crippen molar-refractivity contribution in [2.45, 2.75) is 70.4 Å². The van der Waals surface area contributed by atoms with E-state index in [-0.39, 0.29) is 5.54 Å². The summed E-state index contributed by atoms with van der Waals surface area (Å²) in [4.78, 5) is 5.17. The Hall–Kier alpha value is -0.900. The van der Waals surface area contributed by atoms with Crippen molar-refractivity contribution in [3.63, 3.8) is 0 Å². The average Bonchev–Trinajstić information content (AvgIpc) is 2.67. The van der Waals surface area contributed by atoms with Gasteiger partial charge in [-0.3, -0.25) is 9.80 Å². The standard InChI is InChI=1S/C23H38N2O/c1-5-6-7-20-8-9-22(19(2)18-20)23(24(3)4)12-10-21(11-13-23)25-14-16-26-17-15-25/h8-9,18,21H,5-7,10-17H2,1-4H3. The van der Waals surface area contributed by atoms with Gasteiger partial charge in [-0.15, -0.1) is 0 Å². The summed E-state index contributed by atoms with van der Waals surface area (Å²) in [6, 6.07) is 8.02. The van der Waals surface area contributed by atoms with Gasteiger partial charge in [0.05, 0.1) is 13.2 Å². The number of unbranched alkanes of at least 4 members (excludes halogenated alkanes) is 1. The molecule has 3 rings (SSSR count). The molecule has 1 aromatic carbocycles. The Bertz CT molecular complexity index is 570. The molecule has 2 aliphatic rings. The molecule has 26 heavy (non-hydrogen) atoms. The number of benzene rings is 1. The van der Waals surface area contributed by atoms with Gasteiger partial charge >= 0.3 is 0 Å². The van der Waals surface area contributed by atoms with E-state index >= 15 is 0 Å². The summed E-state index contributed by atoms with van der Waals surface area (Å²) in [5.74, 6) is 0. The molecule has 0 radical (unpaired) electrons. The topological polar surface area (TPSA) is 15.7 Å². The molecule has 1 aliphatic heterocycles. The van der Waals surface area contributed by atoms with Gasteiger partial charge in [-0.2, -0.15) is 0 Å². The van der Waals surface area contributed by atoms with Crippen LogP contribution in [0.15, 0.2) is 18.2 Å². The summed E-state index contributed by atoms with van der Waals surface area (Å²) in [5.41, 5.74) is 4.75. The molecule has 0 bridgehead atoms. The van der Waals surface area contributed by atoms with Crippen molar-refractivity contribution in [2.24, 2.45) is 0 Å². The van der Waals surface area contributed by atoms with Crippen LogP contribution in [0, 0.1) is 6.92 Å². The third kappa shape index (κ3) is 4.16. The summed E-state index contributed by atoms with van der Waals surface area (Å²) < 4.78 is 5.54. The van der Waals surface area contributed by atoms with Crippen LogP contribution in [0.2, 0.25) is 0 Å². The van der Waals surface area contributed by atoms with Gasteiger partial charge in [0.1, 0.15) is 0 Å². The Labute approximate surface area is 160 Å². The normalized spacial score (nSPS) is 27.8. The van der Waals surface area contributed by atoms with Crippen molar-refractivity contribution in [3.05, 3.63) is 34.9 Å². The Morgan fingerprint density at radius 1 is 1.15 bits per heavy atom. The van der Waals surface area contributed by atoms with Crippen molar-refractivity contribution in [1.82, 2.24) is 9.80 Å². The molecular weight excluding hydrogens is 320 g/mol. The first kappa shape index (κ1) is 19.9. The Morgan fingerprint density at radius 2 is 1.85 bits per heavy atom. The molecular formula is C23H38N2O. The Balaban J connectivity index is 1.75. The number of nitrogens with zero attached hydrogens (tertiary/aromatic N) is 2. The zero-order valence-electron chi connectivity index (χ0n) is 17.4. The maximum Gasteiger partial charge on any atom is 0.0594 e. The summed E-state index contributed by atoms with van der Waals surface area (Å²) in [6.07, 6.45) is 8.90. The van der Waals surface area contributed by atoms with Gasteiger partial charge in [0.25, 0.3) is 0 Å². The van der Waals surface area contributed by atoms with Crippen molar-refractivity contribution in [3.8, 4) is 0 Å². The summed E-state index contributed by atoms with van der Waals surface area (Å²) in [5, 5.41) is 0. The van der Waals surface area contributed by atoms with E-state index in [2.05, 4.69) is 55.9 Å². The fourth-order valence-corrected chi connectivity index (χ4v) is 5.13. The largest absolute Gasteiger partial charge is 0.379 e. The minimum absolute atomic E-state index is 0.205. The lowest BCUT2D eigenvalue weighted by Crippen LogP contribution is -2.51. The van der Waals surface area contributed by atoms with Gasteiger partial charge in [0.2, 0.25) is 0 Å². The molecule has 0 spiro atoms. The number of ether oxygens (including phenoxy) is 1. The van der Waals surface area contributed by atoms with Crippen molar-refractivity contribution < 1.29 is 4.74 Å². The van der Waals surface area contributed by atoms with E-state index in [9.17, 15) is 0 Å². The molecule has 3 nitrogen and oxygen atoms in total. The Kier molecular flexibility index (Phi) is 6.76. The van der Waals surface area contributed by atoms with Crippen molar-refractivity contribution >= 4 is 0 Å². The highest BCUT2D eigenvalue weighted by Crippen LogP contribution is 2.43. The predicted octanol–water partition coefficient (Wildman–Crippen LogP) is 4.37. The fourth-order valence-electron chi connectivity index (χ4n) is 5.13. The molecule has 0 amide bonds. The first-order chi connectivity index (χ1) is 12.6. The molecule has 2 fully saturated rings. The molecule has 0 atom stereocenters. The maximum atomic E-state index is 5.54. The van der Waals surface area contributed by atoms with E-state index < -0.39 is 0 Å². The van der Waals surface area contributed by atoms with E-state index in [4.69, 9.17) is 4.74 Å². The second-order valence-corrected chi connectivity index (χ2v) is 8.56. The molecule has 1 saturated heterocycles. The van der Waals surface area contributed by atoms with Crippen LogP contribution >= 0.6 is 0 Å². The molecule has 0 unspecified atom stereocenters. The first-order valence-corrected chi connectivity index (χ1v) is 10.7. The first-order valence-electron chi connectivity index (χ1n) is 10.7. The Morgan fingerprint density at radius 3 is 2.42 bits per heavy atom. The summed E-state index contributed by atoms with van der Waals surface area (Å²) >= 11 is 0. The van der Waals surface area contributed by atoms with Crippen LogP contribution in [0.1, 0.15) is 62.1 Å². The summed E-state index contributed by atoms with van der Waals surface area (Å²) in [6.45, 7) is 8.65. The van der Waals surface area contributed by atoms with Gasteiger partial charge < -0.3 is 4.74 Å². The number of rotatable bonds is 6. The smallest absolute Gasteiger partial charge is 0.0594 e. The van der Waals surface area contributed by atoms with E-state index in [1.165, 1.54) is 56.1 Å². The van der Waals surface area contributed by atoms with Crippen molar-refractivity contribution in [1.29, 1.82) is 0 Å². The van der Waals surface area contributed by atoms with E-state index in [1.54, 1.807) is 5.56 Å². The predicted molar refractivity (Wildman–Crippen MR) is 110 cm³/mol. The molecule has 0 N–H and O–H groups in total. The highest BCUT2D eigenvalue weighted by molar-refractivity contribution is 5.37. The SMILES string of the molecule is CCCCc1ccc(C2(N(C)C)CCC(N3CCOCC3)CC2)c(C)c1. The highest BCUT2D eigenvalue weighted by atomic mass is 16.5. The van der Waals surface area contributed by atoms with Gasteiger partial charge in [-0.05, 0) is 76.2 Å². The second kappa shape index (κ2) is 8.86. The lowest BCUT2D eigenvalue weighted by atomic mass is 9.72. The highest BCUT2D eigenvalue weighted by Gasteiger charge is 2.41. The van der Waals surface area contributed by atoms with Crippen molar-refractivity contribution in [2.75, 3.05) is 40.4 Å². The quantitative estimate of drug-likeness (QED) is 0.751. The number of aryl methyl sites for hydroxylation is 2. The molecule has 1 aromatic rings. The van der Waals surface area contributed by atoms with Gasteiger partial charge in [-0.1, -0.05) is 31.5 Å². The third-order valence-electron chi connectivity index (χ3n) is 6.81. The zero-order valence-corrected chi connectivity index (χ0v) is 17.4. The van der Waals surface area contributed by atoms with E-state index in [1.807, 2.05) is 0 Å². The number of hydrogen-bond acceptors (Lipinski definition) is 3. The number of morpholine rings is 1.